The summed E-state index contributed by atoms with van der Waals surface area (Å²) in [7, 11) is -3.60. The fourth-order valence-corrected chi connectivity index (χ4v) is 5.63. The molecule has 0 radical (unpaired) electrons. The Kier molecular flexibility index (Phi) is 6.90. The van der Waals surface area contributed by atoms with Crippen LogP contribution in [0.5, 0.6) is 0 Å². The maximum absolute atomic E-state index is 13.2. The number of benzene rings is 2. The molecule has 9 heteroatoms. The number of sulfonamides is 1. The third kappa shape index (κ3) is 4.84. The molecule has 0 saturated carbocycles. The molecule has 1 amide bonds. The predicted octanol–water partition coefficient (Wildman–Crippen LogP) is 3.62. The van der Waals surface area contributed by atoms with Gasteiger partial charge < -0.3 is 5.32 Å². The molecular formula is C24H28N4O4S. The monoisotopic (exact) mass is 468 g/mol. The molecule has 1 fully saturated rings. The number of carbonyl (C=O) groups excluding carboxylic acids is 1. The van der Waals surface area contributed by atoms with E-state index in [4.69, 9.17) is 0 Å². The van der Waals surface area contributed by atoms with E-state index in [0.717, 1.165) is 32.1 Å². The largest absolute Gasteiger partial charge is 0.321 e. The Labute approximate surface area is 193 Å². The van der Waals surface area contributed by atoms with Crippen LogP contribution in [0.1, 0.15) is 49.5 Å². The van der Waals surface area contributed by atoms with Gasteiger partial charge in [-0.25, -0.2) is 13.1 Å². The van der Waals surface area contributed by atoms with Crippen LogP contribution in [0.4, 0.5) is 5.69 Å². The number of aryl methyl sites for hydroxylation is 1. The molecule has 3 aromatic rings. The molecular weight excluding hydrogens is 440 g/mol. The Morgan fingerprint density at radius 2 is 1.76 bits per heavy atom. The van der Waals surface area contributed by atoms with Crippen LogP contribution in [-0.2, 0) is 16.6 Å². The summed E-state index contributed by atoms with van der Waals surface area (Å²) in [5, 5.41) is 8.03. The van der Waals surface area contributed by atoms with Crippen molar-refractivity contribution in [3.05, 3.63) is 64.6 Å². The minimum Gasteiger partial charge on any atom is -0.321 e. The van der Waals surface area contributed by atoms with E-state index in [1.165, 1.54) is 21.1 Å². The average Bonchev–Trinajstić information content (AvgIpc) is 3.37. The second-order valence-corrected chi connectivity index (χ2v) is 10.2. The second kappa shape index (κ2) is 9.84. The topological polar surface area (TPSA) is 101 Å². The molecule has 0 aliphatic carbocycles. The van der Waals surface area contributed by atoms with Crippen molar-refractivity contribution in [1.82, 2.24) is 14.1 Å². The van der Waals surface area contributed by atoms with E-state index >= 15 is 0 Å². The van der Waals surface area contributed by atoms with Gasteiger partial charge in [0.15, 0.2) is 5.69 Å². The van der Waals surface area contributed by atoms with Crippen LogP contribution in [0.15, 0.2) is 58.2 Å². The number of amides is 1. The van der Waals surface area contributed by atoms with E-state index in [2.05, 4.69) is 17.3 Å². The van der Waals surface area contributed by atoms with E-state index in [9.17, 15) is 18.0 Å². The summed E-state index contributed by atoms with van der Waals surface area (Å²) in [6.07, 6.45) is 4.46. The van der Waals surface area contributed by atoms with Crippen molar-refractivity contribution < 1.29 is 13.2 Å². The predicted molar refractivity (Wildman–Crippen MR) is 128 cm³/mol. The molecule has 0 bridgehead atoms. The molecule has 1 aliphatic rings. The van der Waals surface area contributed by atoms with Gasteiger partial charge in [-0.15, -0.1) is 0 Å². The Bertz CT molecular complexity index is 1330. The highest BCUT2D eigenvalue weighted by Gasteiger charge is 2.27. The first-order valence-corrected chi connectivity index (χ1v) is 12.8. The molecule has 1 N–H and O–H groups in total. The summed E-state index contributed by atoms with van der Waals surface area (Å²) in [5.41, 5.74) is 0.265. The number of hydrogen-bond donors (Lipinski definition) is 1. The number of anilines is 1. The SMILES string of the molecule is CCCCCn1nc(C(=O)Nc2cccc(S(=O)(=O)N3CCCC3)c2)c2ccccc2c1=O. The van der Waals surface area contributed by atoms with E-state index in [1.54, 1.807) is 36.4 Å². The molecule has 174 valence electrons. The number of nitrogens with zero attached hydrogens (tertiary/aromatic N) is 3. The van der Waals surface area contributed by atoms with Gasteiger partial charge in [0.25, 0.3) is 11.5 Å². The van der Waals surface area contributed by atoms with Crippen molar-refractivity contribution in [2.75, 3.05) is 18.4 Å². The van der Waals surface area contributed by atoms with E-state index < -0.39 is 15.9 Å². The smallest absolute Gasteiger partial charge is 0.276 e. The first kappa shape index (κ1) is 23.1. The van der Waals surface area contributed by atoms with Crippen molar-refractivity contribution >= 4 is 32.4 Å². The number of rotatable bonds is 8. The molecule has 1 saturated heterocycles. The minimum atomic E-state index is -3.60. The Morgan fingerprint density at radius 1 is 1.03 bits per heavy atom. The molecule has 0 spiro atoms. The van der Waals surface area contributed by atoms with Gasteiger partial charge in [0.1, 0.15) is 0 Å². The number of aromatic nitrogens is 2. The Hall–Kier alpha value is -3.04. The van der Waals surface area contributed by atoms with Crippen LogP contribution in [0.25, 0.3) is 10.8 Å². The van der Waals surface area contributed by atoms with E-state index in [-0.39, 0.29) is 16.1 Å². The summed E-state index contributed by atoms with van der Waals surface area (Å²) in [6, 6.07) is 13.1. The minimum absolute atomic E-state index is 0.134. The van der Waals surface area contributed by atoms with Gasteiger partial charge in [0.2, 0.25) is 10.0 Å². The highest BCUT2D eigenvalue weighted by molar-refractivity contribution is 7.89. The lowest BCUT2D eigenvalue weighted by molar-refractivity contribution is 0.102. The standard InChI is InChI=1S/C24H28N4O4S/c1-2-3-6-16-28-24(30)21-13-5-4-12-20(21)22(26-28)23(29)25-18-10-9-11-19(17-18)33(31,32)27-14-7-8-15-27/h4-5,9-13,17H,2-3,6-8,14-16H2,1H3,(H,25,29). The Balaban J connectivity index is 1.66. The number of hydrogen-bond acceptors (Lipinski definition) is 5. The summed E-state index contributed by atoms with van der Waals surface area (Å²) in [5.74, 6) is -0.494. The van der Waals surface area contributed by atoms with E-state index in [0.29, 0.717) is 36.1 Å². The normalized spacial score (nSPS) is 14.6. The highest BCUT2D eigenvalue weighted by atomic mass is 32.2. The number of carbonyl (C=O) groups is 1. The first-order chi connectivity index (χ1) is 15.9. The van der Waals surface area contributed by atoms with Gasteiger partial charge in [0, 0.05) is 30.7 Å². The zero-order chi connectivity index (χ0) is 23.4. The van der Waals surface area contributed by atoms with Gasteiger partial charge >= 0.3 is 0 Å². The summed E-state index contributed by atoms with van der Waals surface area (Å²) >= 11 is 0. The first-order valence-electron chi connectivity index (χ1n) is 11.3. The number of unbranched alkanes of at least 4 members (excludes halogenated alkanes) is 2. The molecule has 1 aliphatic heterocycles. The van der Waals surface area contributed by atoms with Crippen LogP contribution < -0.4 is 10.9 Å². The van der Waals surface area contributed by atoms with Crippen LogP contribution in [-0.4, -0.2) is 41.5 Å². The van der Waals surface area contributed by atoms with E-state index in [1.807, 2.05) is 0 Å². The summed E-state index contributed by atoms with van der Waals surface area (Å²) in [6.45, 7) is 3.53. The molecule has 2 heterocycles. The molecule has 8 nitrogen and oxygen atoms in total. The van der Waals surface area contributed by atoms with Crippen LogP contribution >= 0.6 is 0 Å². The maximum atomic E-state index is 13.2. The third-order valence-electron chi connectivity index (χ3n) is 5.85. The fourth-order valence-electron chi connectivity index (χ4n) is 4.07. The zero-order valence-corrected chi connectivity index (χ0v) is 19.5. The Morgan fingerprint density at radius 3 is 2.48 bits per heavy atom. The lowest BCUT2D eigenvalue weighted by Gasteiger charge is -2.16. The quantitative estimate of drug-likeness (QED) is 0.509. The van der Waals surface area contributed by atoms with Crippen molar-refractivity contribution in [1.29, 1.82) is 0 Å². The third-order valence-corrected chi connectivity index (χ3v) is 7.75. The lowest BCUT2D eigenvalue weighted by atomic mass is 10.1. The van der Waals surface area contributed by atoms with Crippen LogP contribution in [0.2, 0.25) is 0 Å². The summed E-state index contributed by atoms with van der Waals surface area (Å²) < 4.78 is 28.6. The zero-order valence-electron chi connectivity index (χ0n) is 18.7. The van der Waals surface area contributed by atoms with Crippen molar-refractivity contribution in [2.24, 2.45) is 0 Å². The van der Waals surface area contributed by atoms with Gasteiger partial charge in [-0.1, -0.05) is 44.0 Å². The number of fused-ring (bicyclic) bond motifs is 1. The molecule has 1 aromatic heterocycles. The second-order valence-electron chi connectivity index (χ2n) is 8.22. The molecule has 0 unspecified atom stereocenters. The summed E-state index contributed by atoms with van der Waals surface area (Å²) in [4.78, 5) is 26.2. The molecule has 0 atom stereocenters. The fraction of sp³-hybridized carbons (Fsp3) is 0.375. The highest BCUT2D eigenvalue weighted by Crippen LogP contribution is 2.24. The molecule has 33 heavy (non-hydrogen) atoms. The maximum Gasteiger partial charge on any atom is 0.276 e. The van der Waals surface area contributed by atoms with Gasteiger partial charge in [0.05, 0.1) is 10.3 Å². The van der Waals surface area contributed by atoms with Gasteiger partial charge in [-0.3, -0.25) is 9.59 Å². The van der Waals surface area contributed by atoms with Crippen molar-refractivity contribution in [3.8, 4) is 0 Å². The average molecular weight is 469 g/mol. The lowest BCUT2D eigenvalue weighted by Crippen LogP contribution is -2.28. The van der Waals surface area contributed by atoms with Crippen LogP contribution in [0, 0.1) is 0 Å². The van der Waals surface area contributed by atoms with Crippen LogP contribution in [0.3, 0.4) is 0 Å². The van der Waals surface area contributed by atoms with Crippen molar-refractivity contribution in [3.63, 3.8) is 0 Å². The van der Waals surface area contributed by atoms with Gasteiger partial charge in [-0.05, 0) is 43.5 Å². The molecule has 2 aromatic carbocycles. The van der Waals surface area contributed by atoms with Crippen molar-refractivity contribution in [2.45, 2.75) is 50.5 Å². The molecule has 4 rings (SSSR count). The number of nitrogens with one attached hydrogen (secondary N) is 1. The van der Waals surface area contributed by atoms with Gasteiger partial charge in [-0.2, -0.15) is 9.40 Å².